The maximum Gasteiger partial charge on any atom is 0.227 e. The molecule has 0 aliphatic carbocycles. The monoisotopic (exact) mass is 397 g/mol. The van der Waals surface area contributed by atoms with Crippen molar-refractivity contribution in [2.75, 3.05) is 45.8 Å². The summed E-state index contributed by atoms with van der Waals surface area (Å²) in [5.74, 6) is 0.390. The molecule has 3 fully saturated rings. The molecule has 1 radical (unpaired) electrons. The number of nitrogens with zero attached hydrogens (tertiary/aromatic N) is 4. The topological polar surface area (TPSA) is 40.9 Å². The van der Waals surface area contributed by atoms with Crippen molar-refractivity contribution in [1.82, 2.24) is 20.0 Å². The Morgan fingerprint density at radius 2 is 1.72 bits per heavy atom. The Kier molecular flexibility index (Phi) is 7.22. The van der Waals surface area contributed by atoms with Crippen LogP contribution in [0.3, 0.4) is 0 Å². The van der Waals surface area contributed by atoms with E-state index in [4.69, 9.17) is 5.32 Å². The number of likely N-dealkylation sites (tertiary alicyclic amines) is 1. The number of piperidine rings is 2. The Balaban J connectivity index is 1.19. The van der Waals surface area contributed by atoms with Crippen LogP contribution in [0.5, 0.6) is 0 Å². The first kappa shape index (κ1) is 20.8. The highest BCUT2D eigenvalue weighted by Crippen LogP contribution is 2.22. The number of piperazine rings is 1. The van der Waals surface area contributed by atoms with Crippen molar-refractivity contribution in [2.24, 2.45) is 5.92 Å². The first-order chi connectivity index (χ1) is 14.2. The van der Waals surface area contributed by atoms with Crippen molar-refractivity contribution in [1.29, 1.82) is 0 Å². The van der Waals surface area contributed by atoms with Gasteiger partial charge in [-0.05, 0) is 44.3 Å². The van der Waals surface area contributed by atoms with Crippen molar-refractivity contribution < 1.29 is 4.79 Å². The standard InChI is InChI=1S/C24H37N4O/c1-20(23-9-5-6-12-25-23)24(29)28-17-15-27(16-18-28)22-10-13-26(14-11-22)19-21-7-3-2-4-8-21/h2-4,7-8,20,22-23H,5-6,9-19H2,1H3. The molecule has 1 amide bonds. The second kappa shape index (κ2) is 10.1. The van der Waals surface area contributed by atoms with Crippen molar-refractivity contribution in [3.05, 3.63) is 35.9 Å². The predicted molar refractivity (Wildman–Crippen MR) is 117 cm³/mol. The van der Waals surface area contributed by atoms with Gasteiger partial charge in [0.2, 0.25) is 5.91 Å². The molecule has 1 aromatic rings. The zero-order chi connectivity index (χ0) is 20.1. The molecule has 0 saturated carbocycles. The molecule has 2 atom stereocenters. The molecule has 159 valence electrons. The van der Waals surface area contributed by atoms with Crippen LogP contribution in [0.4, 0.5) is 0 Å². The van der Waals surface area contributed by atoms with Gasteiger partial charge in [0.15, 0.2) is 0 Å². The summed E-state index contributed by atoms with van der Waals surface area (Å²) in [5.41, 5.74) is 1.41. The quantitative estimate of drug-likeness (QED) is 0.767. The fourth-order valence-corrected chi connectivity index (χ4v) is 5.27. The van der Waals surface area contributed by atoms with Crippen LogP contribution in [0, 0.1) is 5.92 Å². The number of benzene rings is 1. The number of amides is 1. The zero-order valence-electron chi connectivity index (χ0n) is 18.0. The number of hydrogen-bond acceptors (Lipinski definition) is 3. The van der Waals surface area contributed by atoms with Gasteiger partial charge in [-0.3, -0.25) is 14.6 Å². The molecule has 2 unspecified atom stereocenters. The maximum atomic E-state index is 12.9. The lowest BCUT2D eigenvalue weighted by Gasteiger charge is -2.43. The molecule has 0 spiro atoms. The van der Waals surface area contributed by atoms with Gasteiger partial charge in [0.25, 0.3) is 0 Å². The lowest BCUT2D eigenvalue weighted by Crippen LogP contribution is -2.56. The van der Waals surface area contributed by atoms with Crippen LogP contribution in [-0.2, 0) is 11.3 Å². The van der Waals surface area contributed by atoms with Crippen molar-refractivity contribution in [3.63, 3.8) is 0 Å². The highest BCUT2D eigenvalue weighted by molar-refractivity contribution is 5.79. The minimum absolute atomic E-state index is 0.0584. The third-order valence-corrected chi connectivity index (χ3v) is 7.19. The maximum absolute atomic E-state index is 12.9. The minimum atomic E-state index is 0.0584. The van der Waals surface area contributed by atoms with E-state index in [1.165, 1.54) is 44.3 Å². The third-order valence-electron chi connectivity index (χ3n) is 7.19. The Morgan fingerprint density at radius 3 is 2.38 bits per heavy atom. The number of carbonyl (C=O) groups is 1. The minimum Gasteiger partial charge on any atom is -0.340 e. The molecule has 0 N–H and O–H groups in total. The molecule has 3 aliphatic rings. The van der Waals surface area contributed by atoms with Crippen LogP contribution in [0.2, 0.25) is 0 Å². The van der Waals surface area contributed by atoms with Crippen LogP contribution in [0.15, 0.2) is 30.3 Å². The van der Waals surface area contributed by atoms with Crippen LogP contribution in [0.1, 0.15) is 44.6 Å². The van der Waals surface area contributed by atoms with Gasteiger partial charge in [-0.2, -0.15) is 0 Å². The van der Waals surface area contributed by atoms with Gasteiger partial charge in [0.1, 0.15) is 0 Å². The van der Waals surface area contributed by atoms with Crippen LogP contribution in [0.25, 0.3) is 0 Å². The summed E-state index contributed by atoms with van der Waals surface area (Å²) in [6.45, 7) is 10.3. The number of carbonyl (C=O) groups excluding carboxylic acids is 1. The second-order valence-electron chi connectivity index (χ2n) is 9.11. The van der Waals surface area contributed by atoms with Gasteiger partial charge in [-0.15, -0.1) is 0 Å². The van der Waals surface area contributed by atoms with Crippen molar-refractivity contribution >= 4 is 5.91 Å². The Morgan fingerprint density at radius 1 is 1.00 bits per heavy atom. The van der Waals surface area contributed by atoms with E-state index in [0.29, 0.717) is 11.9 Å². The summed E-state index contributed by atoms with van der Waals surface area (Å²) >= 11 is 0. The van der Waals surface area contributed by atoms with Gasteiger partial charge >= 0.3 is 0 Å². The molecule has 3 heterocycles. The van der Waals surface area contributed by atoms with E-state index >= 15 is 0 Å². The number of hydrogen-bond donors (Lipinski definition) is 0. The van der Waals surface area contributed by atoms with Gasteiger partial charge in [0, 0.05) is 51.4 Å². The van der Waals surface area contributed by atoms with E-state index in [2.05, 4.69) is 52.0 Å². The van der Waals surface area contributed by atoms with Crippen molar-refractivity contribution in [3.8, 4) is 0 Å². The van der Waals surface area contributed by atoms with Gasteiger partial charge in [-0.25, -0.2) is 5.32 Å². The first-order valence-corrected chi connectivity index (χ1v) is 11.7. The summed E-state index contributed by atoms with van der Waals surface area (Å²) < 4.78 is 0. The summed E-state index contributed by atoms with van der Waals surface area (Å²) in [6, 6.07) is 11.7. The second-order valence-corrected chi connectivity index (χ2v) is 9.11. The summed E-state index contributed by atoms with van der Waals surface area (Å²) in [6.07, 6.45) is 6.01. The predicted octanol–water partition coefficient (Wildman–Crippen LogP) is 2.59. The molecule has 4 rings (SSSR count). The Hall–Kier alpha value is -1.43. The first-order valence-electron chi connectivity index (χ1n) is 11.7. The molecule has 29 heavy (non-hydrogen) atoms. The molecule has 0 bridgehead atoms. The number of rotatable bonds is 5. The molecule has 3 saturated heterocycles. The van der Waals surface area contributed by atoms with Crippen LogP contribution < -0.4 is 5.32 Å². The summed E-state index contributed by atoms with van der Waals surface area (Å²) in [7, 11) is 0. The van der Waals surface area contributed by atoms with Crippen molar-refractivity contribution in [2.45, 2.75) is 57.7 Å². The Bertz CT molecular complexity index is 630. The lowest BCUT2D eigenvalue weighted by atomic mass is 9.92. The lowest BCUT2D eigenvalue weighted by molar-refractivity contribution is -0.138. The summed E-state index contributed by atoms with van der Waals surface area (Å²) in [4.78, 5) is 20.3. The average Bonchev–Trinajstić information content (AvgIpc) is 2.80. The molecule has 0 aromatic heterocycles. The van der Waals surface area contributed by atoms with Gasteiger partial charge < -0.3 is 4.90 Å². The fraction of sp³-hybridized carbons (Fsp3) is 0.708. The molecular formula is C24H37N4O. The van der Waals surface area contributed by atoms with E-state index in [-0.39, 0.29) is 12.0 Å². The van der Waals surface area contributed by atoms with Crippen LogP contribution in [-0.4, -0.2) is 78.5 Å². The highest BCUT2D eigenvalue weighted by Gasteiger charge is 2.33. The molecule has 1 aromatic carbocycles. The van der Waals surface area contributed by atoms with E-state index in [9.17, 15) is 4.79 Å². The third kappa shape index (κ3) is 5.39. The van der Waals surface area contributed by atoms with E-state index in [1.807, 2.05) is 0 Å². The van der Waals surface area contributed by atoms with E-state index in [0.717, 1.165) is 45.7 Å². The molecule has 5 heteroatoms. The summed E-state index contributed by atoms with van der Waals surface area (Å²) in [5, 5.41) is 4.71. The van der Waals surface area contributed by atoms with E-state index < -0.39 is 0 Å². The zero-order valence-corrected chi connectivity index (χ0v) is 18.0. The molecule has 3 aliphatic heterocycles. The van der Waals surface area contributed by atoms with Crippen LogP contribution >= 0.6 is 0 Å². The molecule has 5 nitrogen and oxygen atoms in total. The SMILES string of the molecule is CC(C(=O)N1CCN(C2CCN(Cc3ccccc3)CC2)CC1)C1CCCC[N]1. The van der Waals surface area contributed by atoms with E-state index in [1.54, 1.807) is 0 Å². The average molecular weight is 398 g/mol. The largest absolute Gasteiger partial charge is 0.340 e. The Labute approximate surface area is 176 Å². The van der Waals surface area contributed by atoms with Gasteiger partial charge in [0.05, 0.1) is 5.92 Å². The normalized spacial score (nSPS) is 26.4. The molecular weight excluding hydrogens is 360 g/mol. The van der Waals surface area contributed by atoms with Gasteiger partial charge in [-0.1, -0.05) is 43.7 Å². The smallest absolute Gasteiger partial charge is 0.227 e. The fourth-order valence-electron chi connectivity index (χ4n) is 5.27. The highest BCUT2D eigenvalue weighted by atomic mass is 16.2.